The smallest absolute Gasteiger partial charge is 0.130 e. The molecule has 0 amide bonds. The number of phenolic OH excluding ortho intramolecular Hbond substituents is 1. The first-order chi connectivity index (χ1) is 10.2. The summed E-state index contributed by atoms with van der Waals surface area (Å²) in [5.74, 6) is 0.323. The van der Waals surface area contributed by atoms with Crippen molar-refractivity contribution in [2.24, 2.45) is 0 Å². The molecule has 3 nitrogen and oxygen atoms in total. The molecule has 0 aliphatic carbocycles. The van der Waals surface area contributed by atoms with Crippen LogP contribution >= 0.6 is 0 Å². The Hall–Kier alpha value is -1.55. The van der Waals surface area contributed by atoms with Crippen LogP contribution in [0.3, 0.4) is 0 Å². The van der Waals surface area contributed by atoms with E-state index in [4.69, 9.17) is 0 Å². The van der Waals surface area contributed by atoms with E-state index < -0.39 is 6.10 Å². The average Bonchev–Trinajstić information content (AvgIpc) is 2.51. The monoisotopic (exact) mass is 321 g/mol. The zero-order valence-corrected chi connectivity index (χ0v) is 13.6. The third-order valence-corrected chi connectivity index (χ3v) is 3.76. The molecular formula is C18H24ClNO2. The number of hydrogen-bond acceptors (Lipinski definition) is 2. The van der Waals surface area contributed by atoms with Crippen molar-refractivity contribution < 1.29 is 27.9 Å². The van der Waals surface area contributed by atoms with Gasteiger partial charge in [-0.05, 0) is 36.6 Å². The number of quaternary nitrogens is 1. The quantitative estimate of drug-likeness (QED) is 0.574. The van der Waals surface area contributed by atoms with Gasteiger partial charge in [-0.25, -0.2) is 0 Å². The molecule has 0 fully saturated rings. The lowest BCUT2D eigenvalue weighted by Gasteiger charge is -2.17. The number of aliphatic hydroxyl groups is 1. The SMILES string of the molecule is CC([NH2+]CCCc1cccc(O)c1)C(O)c1ccccc1.[Cl-]. The van der Waals surface area contributed by atoms with E-state index in [2.05, 4.69) is 5.32 Å². The van der Waals surface area contributed by atoms with Gasteiger partial charge in [-0.15, -0.1) is 0 Å². The van der Waals surface area contributed by atoms with Crippen LogP contribution in [0.25, 0.3) is 0 Å². The minimum atomic E-state index is -0.438. The van der Waals surface area contributed by atoms with Crippen LogP contribution in [-0.4, -0.2) is 22.8 Å². The molecule has 2 atom stereocenters. The van der Waals surface area contributed by atoms with Crippen molar-refractivity contribution in [1.82, 2.24) is 0 Å². The lowest BCUT2D eigenvalue weighted by Crippen LogP contribution is -3.00. The van der Waals surface area contributed by atoms with E-state index in [1.807, 2.05) is 55.5 Å². The summed E-state index contributed by atoms with van der Waals surface area (Å²) in [6, 6.07) is 17.3. The van der Waals surface area contributed by atoms with Crippen molar-refractivity contribution in [2.45, 2.75) is 31.9 Å². The maximum Gasteiger partial charge on any atom is 0.130 e. The van der Waals surface area contributed by atoms with Gasteiger partial charge in [0.15, 0.2) is 0 Å². The fourth-order valence-corrected chi connectivity index (χ4v) is 2.48. The fraction of sp³-hybridized carbons (Fsp3) is 0.333. The molecule has 4 N–H and O–H groups in total. The Bertz CT molecular complexity index is 548. The first kappa shape index (κ1) is 18.5. The second-order valence-corrected chi connectivity index (χ2v) is 5.51. The van der Waals surface area contributed by atoms with E-state index in [-0.39, 0.29) is 18.4 Å². The summed E-state index contributed by atoms with van der Waals surface area (Å²) < 4.78 is 0. The zero-order valence-electron chi connectivity index (χ0n) is 12.8. The molecule has 0 heterocycles. The van der Waals surface area contributed by atoms with Crippen LogP contribution in [0.1, 0.15) is 30.6 Å². The number of nitrogens with two attached hydrogens (primary N) is 1. The predicted octanol–water partition coefficient (Wildman–Crippen LogP) is -0.986. The Labute approximate surface area is 138 Å². The number of benzene rings is 2. The van der Waals surface area contributed by atoms with Crippen molar-refractivity contribution >= 4 is 0 Å². The molecule has 4 heteroatoms. The number of halogens is 1. The van der Waals surface area contributed by atoms with E-state index >= 15 is 0 Å². The van der Waals surface area contributed by atoms with Gasteiger partial charge in [0.05, 0.1) is 6.54 Å². The number of hydrogen-bond donors (Lipinski definition) is 3. The highest BCUT2D eigenvalue weighted by molar-refractivity contribution is 5.27. The fourth-order valence-electron chi connectivity index (χ4n) is 2.48. The molecule has 0 aromatic heterocycles. The highest BCUT2D eigenvalue weighted by atomic mass is 35.5. The van der Waals surface area contributed by atoms with Crippen molar-refractivity contribution in [3.63, 3.8) is 0 Å². The third-order valence-electron chi connectivity index (χ3n) is 3.76. The lowest BCUT2D eigenvalue weighted by atomic mass is 10.0. The maximum absolute atomic E-state index is 10.3. The van der Waals surface area contributed by atoms with E-state index in [1.165, 1.54) is 0 Å². The van der Waals surface area contributed by atoms with E-state index in [1.54, 1.807) is 6.07 Å². The van der Waals surface area contributed by atoms with Gasteiger partial charge in [-0.2, -0.15) is 0 Å². The van der Waals surface area contributed by atoms with Crippen LogP contribution in [0.5, 0.6) is 5.75 Å². The summed E-state index contributed by atoms with van der Waals surface area (Å²) in [6.45, 7) is 3.01. The molecule has 0 spiro atoms. The molecule has 0 saturated carbocycles. The number of phenols is 1. The van der Waals surface area contributed by atoms with Crippen LogP contribution < -0.4 is 17.7 Å². The number of aliphatic hydroxyl groups excluding tert-OH is 1. The van der Waals surface area contributed by atoms with Crippen LogP contribution in [-0.2, 0) is 6.42 Å². The van der Waals surface area contributed by atoms with E-state index in [0.29, 0.717) is 5.75 Å². The highest BCUT2D eigenvalue weighted by Gasteiger charge is 2.18. The Balaban J connectivity index is 0.00000242. The Kier molecular flexibility index (Phi) is 7.96. The topological polar surface area (TPSA) is 57.1 Å². The van der Waals surface area contributed by atoms with Crippen LogP contribution in [0.15, 0.2) is 54.6 Å². The highest BCUT2D eigenvalue weighted by Crippen LogP contribution is 2.14. The summed E-state index contributed by atoms with van der Waals surface area (Å²) in [4.78, 5) is 0. The first-order valence-electron chi connectivity index (χ1n) is 7.51. The molecule has 0 aliphatic heterocycles. The minimum absolute atomic E-state index is 0. The summed E-state index contributed by atoms with van der Waals surface area (Å²) in [5, 5.41) is 21.9. The standard InChI is InChI=1S/C18H23NO2.ClH/c1-14(18(21)16-9-3-2-4-10-16)19-12-6-8-15-7-5-11-17(20)13-15;/h2-5,7,9-11,13-14,18-21H,6,8,12H2,1H3;1H. The second-order valence-electron chi connectivity index (χ2n) is 5.51. The van der Waals surface area contributed by atoms with Crippen molar-refractivity contribution in [3.8, 4) is 5.75 Å². The Morgan fingerprint density at radius 2 is 1.77 bits per heavy atom. The van der Waals surface area contributed by atoms with Gasteiger partial charge in [0.25, 0.3) is 0 Å². The van der Waals surface area contributed by atoms with Gasteiger partial charge >= 0.3 is 0 Å². The Morgan fingerprint density at radius 3 is 2.45 bits per heavy atom. The lowest BCUT2D eigenvalue weighted by molar-refractivity contribution is -0.694. The van der Waals surface area contributed by atoms with Gasteiger partial charge < -0.3 is 27.9 Å². The number of aromatic hydroxyl groups is 1. The molecule has 2 aromatic carbocycles. The van der Waals surface area contributed by atoms with Crippen LogP contribution in [0.2, 0.25) is 0 Å². The molecular weight excluding hydrogens is 298 g/mol. The van der Waals surface area contributed by atoms with Gasteiger partial charge in [-0.3, -0.25) is 0 Å². The summed E-state index contributed by atoms with van der Waals surface area (Å²) in [5.41, 5.74) is 2.12. The molecule has 0 radical (unpaired) electrons. The minimum Gasteiger partial charge on any atom is -1.00 e. The maximum atomic E-state index is 10.3. The van der Waals surface area contributed by atoms with Crippen LogP contribution in [0, 0.1) is 0 Å². The molecule has 0 aliphatic rings. The first-order valence-corrected chi connectivity index (χ1v) is 7.51. The Morgan fingerprint density at radius 1 is 1.05 bits per heavy atom. The summed E-state index contributed by atoms with van der Waals surface area (Å²) in [6.07, 6.45) is 1.53. The third kappa shape index (κ3) is 5.68. The number of rotatable bonds is 7. The summed E-state index contributed by atoms with van der Waals surface area (Å²) >= 11 is 0. The second kappa shape index (κ2) is 9.46. The molecule has 120 valence electrons. The number of aryl methyl sites for hydroxylation is 1. The van der Waals surface area contributed by atoms with Crippen molar-refractivity contribution in [2.75, 3.05) is 6.54 Å². The van der Waals surface area contributed by atoms with Gasteiger partial charge in [-0.1, -0.05) is 42.5 Å². The van der Waals surface area contributed by atoms with Gasteiger partial charge in [0.1, 0.15) is 17.9 Å². The molecule has 2 aromatic rings. The molecule has 0 saturated heterocycles. The molecule has 2 rings (SSSR count). The van der Waals surface area contributed by atoms with Crippen molar-refractivity contribution in [3.05, 3.63) is 65.7 Å². The molecule has 0 bridgehead atoms. The normalized spacial score (nSPS) is 13.2. The van der Waals surface area contributed by atoms with E-state index in [9.17, 15) is 10.2 Å². The predicted molar refractivity (Wildman–Crippen MR) is 84.1 cm³/mol. The van der Waals surface area contributed by atoms with E-state index in [0.717, 1.165) is 30.5 Å². The van der Waals surface area contributed by atoms with Gasteiger partial charge in [0.2, 0.25) is 0 Å². The largest absolute Gasteiger partial charge is 1.00 e. The van der Waals surface area contributed by atoms with Crippen LogP contribution in [0.4, 0.5) is 0 Å². The zero-order chi connectivity index (χ0) is 15.1. The average molecular weight is 322 g/mol. The van der Waals surface area contributed by atoms with Crippen molar-refractivity contribution in [1.29, 1.82) is 0 Å². The molecule has 2 unspecified atom stereocenters. The van der Waals surface area contributed by atoms with Gasteiger partial charge in [0, 0.05) is 6.42 Å². The molecule has 22 heavy (non-hydrogen) atoms. The summed E-state index contributed by atoms with van der Waals surface area (Å²) in [7, 11) is 0.